The molecule has 7 heteroatoms. The van der Waals surface area contributed by atoms with Gasteiger partial charge in [0.25, 0.3) is 5.56 Å². The van der Waals surface area contributed by atoms with Crippen molar-refractivity contribution in [3.05, 3.63) is 69.9 Å². The fourth-order valence-corrected chi connectivity index (χ4v) is 2.31. The Labute approximate surface area is 129 Å². The molecular weight excluding hydrogens is 307 g/mol. The van der Waals surface area contributed by atoms with E-state index in [0.717, 1.165) is 10.6 Å². The van der Waals surface area contributed by atoms with Crippen molar-refractivity contribution < 1.29 is 13.2 Å². The summed E-state index contributed by atoms with van der Waals surface area (Å²) in [5, 5.41) is 0. The van der Waals surface area contributed by atoms with Crippen LogP contribution >= 0.6 is 0 Å². The van der Waals surface area contributed by atoms with E-state index in [2.05, 4.69) is 9.97 Å². The van der Waals surface area contributed by atoms with Gasteiger partial charge in [0.05, 0.1) is 29.0 Å². The molecule has 0 bridgehead atoms. The number of hydrogen-bond donors (Lipinski definition) is 0. The summed E-state index contributed by atoms with van der Waals surface area (Å²) in [4.78, 5) is 20.8. The lowest BCUT2D eigenvalue weighted by Crippen LogP contribution is -2.28. The number of alkyl halides is 3. The van der Waals surface area contributed by atoms with E-state index in [9.17, 15) is 18.0 Å². The summed E-state index contributed by atoms with van der Waals surface area (Å²) in [6.07, 6.45) is -3.36. The molecule has 0 spiro atoms. The molecule has 1 aromatic carbocycles. The van der Waals surface area contributed by atoms with Crippen LogP contribution in [0.5, 0.6) is 0 Å². The van der Waals surface area contributed by atoms with Gasteiger partial charge in [0.15, 0.2) is 0 Å². The van der Waals surface area contributed by atoms with Crippen LogP contribution in [0.15, 0.2) is 47.4 Å². The molecule has 0 aliphatic carbocycles. The van der Waals surface area contributed by atoms with Gasteiger partial charge < -0.3 is 4.57 Å². The van der Waals surface area contributed by atoms with Gasteiger partial charge in [-0.1, -0.05) is 12.1 Å². The maximum absolute atomic E-state index is 12.8. The van der Waals surface area contributed by atoms with Crippen molar-refractivity contribution >= 4 is 11.0 Å². The first-order chi connectivity index (χ1) is 10.9. The molecule has 118 valence electrons. The number of aromatic nitrogens is 3. The fourth-order valence-electron chi connectivity index (χ4n) is 2.31. The minimum atomic E-state index is -4.68. The number of nitrogens with zero attached hydrogens (tertiary/aromatic N) is 3. The lowest BCUT2D eigenvalue weighted by Gasteiger charge is -2.11. The number of benzene rings is 1. The standard InChI is InChI=1S/C16H12F3N3O/c1-10-14(21-13-7-3-2-6-12(13)20-10)9-22-8-4-5-11(15(22)23)16(17,18)19/h2-8H,9H2,1H3. The lowest BCUT2D eigenvalue weighted by molar-refractivity contribution is -0.138. The maximum atomic E-state index is 12.8. The molecule has 3 aromatic rings. The molecule has 4 nitrogen and oxygen atoms in total. The summed E-state index contributed by atoms with van der Waals surface area (Å²) in [6, 6.07) is 9.17. The smallest absolute Gasteiger partial charge is 0.309 e. The third-order valence-corrected chi connectivity index (χ3v) is 3.49. The van der Waals surface area contributed by atoms with Crippen LogP contribution < -0.4 is 5.56 Å². The van der Waals surface area contributed by atoms with Gasteiger partial charge in [0, 0.05) is 6.20 Å². The van der Waals surface area contributed by atoms with Gasteiger partial charge in [0.2, 0.25) is 0 Å². The zero-order chi connectivity index (χ0) is 16.6. The highest BCUT2D eigenvalue weighted by atomic mass is 19.4. The topological polar surface area (TPSA) is 47.8 Å². The van der Waals surface area contributed by atoms with Crippen molar-refractivity contribution in [1.82, 2.24) is 14.5 Å². The minimum Gasteiger partial charge on any atom is -0.309 e. The zero-order valence-electron chi connectivity index (χ0n) is 12.1. The monoisotopic (exact) mass is 319 g/mol. The van der Waals surface area contributed by atoms with Crippen LogP contribution in [-0.2, 0) is 12.7 Å². The van der Waals surface area contributed by atoms with E-state index in [4.69, 9.17) is 0 Å². The Balaban J connectivity index is 2.06. The second-order valence-electron chi connectivity index (χ2n) is 5.10. The largest absolute Gasteiger partial charge is 0.421 e. The van der Waals surface area contributed by atoms with E-state index >= 15 is 0 Å². The van der Waals surface area contributed by atoms with Crippen molar-refractivity contribution in [3.63, 3.8) is 0 Å². The molecule has 0 aliphatic heterocycles. The van der Waals surface area contributed by atoms with Crippen molar-refractivity contribution in [2.45, 2.75) is 19.6 Å². The first kappa shape index (κ1) is 15.2. The van der Waals surface area contributed by atoms with Crippen LogP contribution in [0.2, 0.25) is 0 Å². The predicted octanol–water partition coefficient (Wildman–Crippen LogP) is 3.17. The molecule has 0 fully saturated rings. The van der Waals surface area contributed by atoms with Crippen molar-refractivity contribution in [3.8, 4) is 0 Å². The van der Waals surface area contributed by atoms with Gasteiger partial charge in [-0.2, -0.15) is 13.2 Å². The highest BCUT2D eigenvalue weighted by molar-refractivity contribution is 5.74. The molecule has 0 unspecified atom stereocenters. The predicted molar refractivity (Wildman–Crippen MR) is 79.1 cm³/mol. The molecule has 0 saturated carbocycles. The Morgan fingerprint density at radius 2 is 1.70 bits per heavy atom. The maximum Gasteiger partial charge on any atom is 0.421 e. The average Bonchev–Trinajstić information content (AvgIpc) is 2.49. The van der Waals surface area contributed by atoms with Crippen LogP contribution in [-0.4, -0.2) is 14.5 Å². The van der Waals surface area contributed by atoms with Crippen LogP contribution in [0.3, 0.4) is 0 Å². The average molecular weight is 319 g/mol. The Bertz CT molecular complexity index is 932. The number of halogens is 3. The number of pyridine rings is 1. The number of aryl methyl sites for hydroxylation is 1. The zero-order valence-corrected chi connectivity index (χ0v) is 12.1. The Hall–Kier alpha value is -2.70. The summed E-state index contributed by atoms with van der Waals surface area (Å²) < 4.78 is 39.4. The molecule has 0 saturated heterocycles. The second-order valence-corrected chi connectivity index (χ2v) is 5.10. The quantitative estimate of drug-likeness (QED) is 0.729. The normalized spacial score (nSPS) is 11.8. The lowest BCUT2D eigenvalue weighted by atomic mass is 10.2. The van der Waals surface area contributed by atoms with E-state index in [1.165, 1.54) is 12.3 Å². The van der Waals surface area contributed by atoms with Crippen molar-refractivity contribution in [1.29, 1.82) is 0 Å². The van der Waals surface area contributed by atoms with E-state index < -0.39 is 17.3 Å². The molecular formula is C16H12F3N3O. The number of rotatable bonds is 2. The summed E-state index contributed by atoms with van der Waals surface area (Å²) in [5.74, 6) is 0. The first-order valence-electron chi connectivity index (χ1n) is 6.85. The first-order valence-corrected chi connectivity index (χ1v) is 6.85. The molecule has 0 radical (unpaired) electrons. The van der Waals surface area contributed by atoms with Gasteiger partial charge in [-0.15, -0.1) is 0 Å². The third-order valence-electron chi connectivity index (χ3n) is 3.49. The second kappa shape index (κ2) is 5.49. The molecule has 2 heterocycles. The van der Waals surface area contributed by atoms with E-state index in [1.807, 2.05) is 6.07 Å². The van der Waals surface area contributed by atoms with E-state index in [1.54, 1.807) is 25.1 Å². The number of para-hydroxylation sites is 2. The fraction of sp³-hybridized carbons (Fsp3) is 0.188. The molecule has 3 rings (SSSR count). The highest BCUT2D eigenvalue weighted by Crippen LogP contribution is 2.26. The van der Waals surface area contributed by atoms with Crippen molar-refractivity contribution in [2.24, 2.45) is 0 Å². The Morgan fingerprint density at radius 1 is 1.04 bits per heavy atom. The van der Waals surface area contributed by atoms with Gasteiger partial charge in [-0.05, 0) is 31.2 Å². The molecule has 2 aromatic heterocycles. The van der Waals surface area contributed by atoms with Crippen LogP contribution in [0, 0.1) is 6.92 Å². The minimum absolute atomic E-state index is 0.0631. The summed E-state index contributed by atoms with van der Waals surface area (Å²) >= 11 is 0. The van der Waals surface area contributed by atoms with Gasteiger partial charge in [-0.25, -0.2) is 9.97 Å². The Morgan fingerprint density at radius 3 is 2.35 bits per heavy atom. The van der Waals surface area contributed by atoms with Gasteiger partial charge in [0.1, 0.15) is 5.56 Å². The van der Waals surface area contributed by atoms with Crippen molar-refractivity contribution in [2.75, 3.05) is 0 Å². The van der Waals surface area contributed by atoms with Crippen LogP contribution in [0.1, 0.15) is 17.0 Å². The molecule has 23 heavy (non-hydrogen) atoms. The number of hydrogen-bond acceptors (Lipinski definition) is 3. The summed E-state index contributed by atoms with van der Waals surface area (Å²) in [7, 11) is 0. The van der Waals surface area contributed by atoms with E-state index in [0.29, 0.717) is 22.4 Å². The third kappa shape index (κ3) is 2.94. The molecule has 0 amide bonds. The van der Waals surface area contributed by atoms with Crippen LogP contribution in [0.4, 0.5) is 13.2 Å². The number of fused-ring (bicyclic) bond motifs is 1. The highest BCUT2D eigenvalue weighted by Gasteiger charge is 2.34. The van der Waals surface area contributed by atoms with E-state index in [-0.39, 0.29) is 6.54 Å². The molecule has 0 aliphatic rings. The SMILES string of the molecule is Cc1nc2ccccc2nc1Cn1cccc(C(F)(F)F)c1=O. The summed E-state index contributed by atoms with van der Waals surface area (Å²) in [6.45, 7) is 1.65. The van der Waals surface area contributed by atoms with Gasteiger partial charge >= 0.3 is 6.18 Å². The molecule has 0 atom stereocenters. The van der Waals surface area contributed by atoms with Crippen LogP contribution in [0.25, 0.3) is 11.0 Å². The molecule has 0 N–H and O–H groups in total. The Kier molecular flexibility index (Phi) is 3.63. The van der Waals surface area contributed by atoms with Gasteiger partial charge in [-0.3, -0.25) is 4.79 Å². The summed E-state index contributed by atoms with van der Waals surface area (Å²) in [5.41, 5.74) is 0.0946.